The van der Waals surface area contributed by atoms with Crippen molar-refractivity contribution in [2.45, 2.75) is 45.6 Å². The van der Waals surface area contributed by atoms with Crippen LogP contribution in [0.4, 0.5) is 5.69 Å². The Bertz CT molecular complexity index is 1010. The summed E-state index contributed by atoms with van der Waals surface area (Å²) >= 11 is 0. The summed E-state index contributed by atoms with van der Waals surface area (Å²) in [5.41, 5.74) is 1.19. The topological polar surface area (TPSA) is 101 Å². The highest BCUT2D eigenvalue weighted by Crippen LogP contribution is 2.19. The molecule has 2 aromatic rings. The smallest absolute Gasteiger partial charge is 0.324 e. The van der Waals surface area contributed by atoms with Gasteiger partial charge in [-0.1, -0.05) is 13.8 Å². The van der Waals surface area contributed by atoms with Crippen LogP contribution in [0.2, 0.25) is 0 Å². The van der Waals surface area contributed by atoms with Crippen molar-refractivity contribution in [3.63, 3.8) is 0 Å². The summed E-state index contributed by atoms with van der Waals surface area (Å²) < 4.78 is 27.7. The maximum atomic E-state index is 12.6. The molecule has 0 aliphatic heterocycles. The summed E-state index contributed by atoms with van der Waals surface area (Å²) in [6.07, 6.45) is 0. The molecule has 28 heavy (non-hydrogen) atoms. The van der Waals surface area contributed by atoms with Crippen LogP contribution in [0.1, 0.15) is 38.2 Å². The first-order valence-corrected chi connectivity index (χ1v) is 10.5. The number of amides is 1. The summed E-state index contributed by atoms with van der Waals surface area (Å²) in [5, 5.41) is 2.71. The number of benzene rings is 1. The van der Waals surface area contributed by atoms with Crippen molar-refractivity contribution >= 4 is 21.6 Å². The predicted molar refractivity (Wildman–Crippen MR) is 108 cm³/mol. The maximum Gasteiger partial charge on any atom is 0.348 e. The molecular formula is C19H26N4O4S. The molecule has 0 saturated carbocycles. The first kappa shape index (κ1) is 21.8. The number of carbonyl (C=O) groups excluding carboxylic acids is 1. The summed E-state index contributed by atoms with van der Waals surface area (Å²) in [4.78, 5) is 28.7. The predicted octanol–water partition coefficient (Wildman–Crippen LogP) is 2.09. The molecule has 0 saturated heterocycles. The minimum atomic E-state index is -3.55. The Hall–Kier alpha value is -2.52. The van der Waals surface area contributed by atoms with Crippen molar-refractivity contribution in [1.82, 2.24) is 13.9 Å². The van der Waals surface area contributed by atoms with Gasteiger partial charge in [0.15, 0.2) is 0 Å². The van der Waals surface area contributed by atoms with Crippen LogP contribution < -0.4 is 11.0 Å². The lowest BCUT2D eigenvalue weighted by molar-refractivity contribution is -0.118. The number of hydrogen-bond donors (Lipinski definition) is 1. The van der Waals surface area contributed by atoms with E-state index in [-0.39, 0.29) is 4.90 Å². The highest BCUT2D eigenvalue weighted by Gasteiger charge is 2.22. The van der Waals surface area contributed by atoms with Gasteiger partial charge in [-0.05, 0) is 51.1 Å². The normalized spacial score (nSPS) is 12.8. The van der Waals surface area contributed by atoms with Gasteiger partial charge in [-0.3, -0.25) is 9.36 Å². The van der Waals surface area contributed by atoms with Crippen molar-refractivity contribution < 1.29 is 13.2 Å². The summed E-state index contributed by atoms with van der Waals surface area (Å²) in [6, 6.07) is 6.95. The Kier molecular flexibility index (Phi) is 6.73. The van der Waals surface area contributed by atoms with Crippen LogP contribution in [0.15, 0.2) is 40.0 Å². The fourth-order valence-electron chi connectivity index (χ4n) is 3.02. The van der Waals surface area contributed by atoms with Crippen molar-refractivity contribution in [3.05, 3.63) is 52.2 Å². The Morgan fingerprint density at radius 1 is 1.18 bits per heavy atom. The molecule has 0 spiro atoms. The van der Waals surface area contributed by atoms with Gasteiger partial charge in [-0.2, -0.15) is 9.29 Å². The van der Waals surface area contributed by atoms with Crippen LogP contribution in [0.25, 0.3) is 0 Å². The standard InChI is InChI=1S/C19H26N4O4S/c1-6-22(7-2)28(26,27)17-10-8-16(9-11-17)21-18(24)15(5)23-14(4)12-13(3)20-19(23)25/h8-12,15H,6-7H2,1-5H3,(H,21,24). The molecular weight excluding hydrogens is 380 g/mol. The number of anilines is 1. The van der Waals surface area contributed by atoms with Gasteiger partial charge in [0.25, 0.3) is 0 Å². The van der Waals surface area contributed by atoms with Crippen molar-refractivity contribution in [3.8, 4) is 0 Å². The molecule has 2 rings (SSSR count). The maximum absolute atomic E-state index is 12.6. The second kappa shape index (κ2) is 8.66. The molecule has 1 unspecified atom stereocenters. The van der Waals surface area contributed by atoms with Gasteiger partial charge in [0.1, 0.15) is 6.04 Å². The second-order valence-corrected chi connectivity index (χ2v) is 8.41. The minimum absolute atomic E-state index is 0.164. The van der Waals surface area contributed by atoms with Crippen molar-refractivity contribution in [2.75, 3.05) is 18.4 Å². The summed E-state index contributed by atoms with van der Waals surface area (Å²) in [5.74, 6) is -0.393. The van der Waals surface area contributed by atoms with Gasteiger partial charge in [-0.25, -0.2) is 13.2 Å². The molecule has 9 heteroatoms. The highest BCUT2D eigenvalue weighted by molar-refractivity contribution is 7.89. The summed E-state index contributed by atoms with van der Waals surface area (Å²) in [7, 11) is -3.55. The van der Waals surface area contributed by atoms with E-state index < -0.39 is 27.7 Å². The number of nitrogens with zero attached hydrogens (tertiary/aromatic N) is 3. The minimum Gasteiger partial charge on any atom is -0.324 e. The van der Waals surface area contributed by atoms with E-state index in [1.807, 2.05) is 0 Å². The lowest BCUT2D eigenvalue weighted by Gasteiger charge is -2.19. The molecule has 0 aliphatic carbocycles. The average Bonchev–Trinajstić information content (AvgIpc) is 2.62. The van der Waals surface area contributed by atoms with Crippen molar-refractivity contribution in [2.24, 2.45) is 0 Å². The lowest BCUT2D eigenvalue weighted by Crippen LogP contribution is -2.34. The molecule has 1 N–H and O–H groups in total. The van der Waals surface area contributed by atoms with E-state index >= 15 is 0 Å². The van der Waals surface area contributed by atoms with Gasteiger partial charge >= 0.3 is 5.69 Å². The summed E-state index contributed by atoms with van der Waals surface area (Å²) in [6.45, 7) is 9.40. The lowest BCUT2D eigenvalue weighted by atomic mass is 10.2. The first-order chi connectivity index (χ1) is 13.1. The number of aromatic nitrogens is 2. The monoisotopic (exact) mass is 406 g/mol. The zero-order valence-electron chi connectivity index (χ0n) is 16.8. The van der Waals surface area contributed by atoms with Crippen LogP contribution in [-0.4, -0.2) is 41.3 Å². The van der Waals surface area contributed by atoms with E-state index in [2.05, 4.69) is 10.3 Å². The second-order valence-electron chi connectivity index (χ2n) is 6.47. The molecule has 0 radical (unpaired) electrons. The van der Waals surface area contributed by atoms with Gasteiger partial charge in [0.2, 0.25) is 15.9 Å². The highest BCUT2D eigenvalue weighted by atomic mass is 32.2. The third-order valence-electron chi connectivity index (χ3n) is 4.51. The number of aryl methyl sites for hydroxylation is 2. The largest absolute Gasteiger partial charge is 0.348 e. The van der Waals surface area contributed by atoms with E-state index in [1.165, 1.54) is 33.1 Å². The Labute approximate surface area is 165 Å². The molecule has 8 nitrogen and oxygen atoms in total. The van der Waals surface area contributed by atoms with E-state index in [9.17, 15) is 18.0 Å². The van der Waals surface area contributed by atoms with Gasteiger partial charge in [-0.15, -0.1) is 0 Å². The molecule has 1 aromatic heterocycles. The number of nitrogens with one attached hydrogen (secondary N) is 1. The fraction of sp³-hybridized carbons (Fsp3) is 0.421. The molecule has 1 aromatic carbocycles. The molecule has 0 aliphatic rings. The molecule has 1 atom stereocenters. The van der Waals surface area contributed by atoms with Crippen LogP contribution in [0, 0.1) is 13.8 Å². The molecule has 0 bridgehead atoms. The zero-order chi connectivity index (χ0) is 21.1. The first-order valence-electron chi connectivity index (χ1n) is 9.09. The number of sulfonamides is 1. The Balaban J connectivity index is 2.21. The third kappa shape index (κ3) is 4.48. The number of rotatable bonds is 7. The van der Waals surface area contributed by atoms with Crippen LogP contribution >= 0.6 is 0 Å². The van der Waals surface area contributed by atoms with Gasteiger partial charge < -0.3 is 5.32 Å². The Morgan fingerprint density at radius 3 is 2.25 bits per heavy atom. The third-order valence-corrected chi connectivity index (χ3v) is 6.57. The number of hydrogen-bond acceptors (Lipinski definition) is 5. The fourth-order valence-corrected chi connectivity index (χ4v) is 4.48. The molecule has 0 fully saturated rings. The molecule has 1 amide bonds. The van der Waals surface area contributed by atoms with Crippen LogP contribution in [-0.2, 0) is 14.8 Å². The SMILES string of the molecule is CCN(CC)S(=O)(=O)c1ccc(NC(=O)C(C)n2c(C)cc(C)nc2=O)cc1. The average molecular weight is 407 g/mol. The Morgan fingerprint density at radius 2 is 1.75 bits per heavy atom. The van der Waals surface area contributed by atoms with E-state index in [0.717, 1.165) is 0 Å². The quantitative estimate of drug-likeness (QED) is 0.759. The zero-order valence-corrected chi connectivity index (χ0v) is 17.6. The molecule has 152 valence electrons. The van der Waals surface area contributed by atoms with Crippen LogP contribution in [0.3, 0.4) is 0 Å². The molecule has 1 heterocycles. The van der Waals surface area contributed by atoms with Crippen molar-refractivity contribution in [1.29, 1.82) is 0 Å². The van der Waals surface area contributed by atoms with Crippen LogP contribution in [0.5, 0.6) is 0 Å². The van der Waals surface area contributed by atoms with E-state index in [0.29, 0.717) is 30.2 Å². The van der Waals surface area contributed by atoms with E-state index in [4.69, 9.17) is 0 Å². The van der Waals surface area contributed by atoms with Gasteiger partial charge in [0, 0.05) is 30.2 Å². The van der Waals surface area contributed by atoms with E-state index in [1.54, 1.807) is 40.7 Å². The van der Waals surface area contributed by atoms with Gasteiger partial charge in [0.05, 0.1) is 4.90 Å². The number of carbonyl (C=O) groups is 1.